The first-order chi connectivity index (χ1) is 11.6. The lowest BCUT2D eigenvalue weighted by Crippen LogP contribution is -2.95. The van der Waals surface area contributed by atoms with Gasteiger partial charge in [0.15, 0.2) is 29.7 Å². The molecule has 26 heavy (non-hydrogen) atoms. The van der Waals surface area contributed by atoms with E-state index in [-0.39, 0.29) is 25.0 Å². The first-order valence-corrected chi connectivity index (χ1v) is 8.13. The van der Waals surface area contributed by atoms with Crippen LogP contribution in [0.3, 0.4) is 0 Å². The number of guanidine groups is 1. The molecular weight excluding hydrogens is 374 g/mol. The number of aliphatic hydroxyl groups is 4. The number of hydrogen-bond donors (Lipinski definition) is 6. The van der Waals surface area contributed by atoms with Crippen molar-refractivity contribution < 1.29 is 39.4 Å². The highest BCUT2D eigenvalue weighted by Crippen LogP contribution is 2.61. The molecule has 0 aromatic heterocycles. The summed E-state index contributed by atoms with van der Waals surface area (Å²) in [7, 11) is 0. The Bertz CT molecular complexity index is 681. The second kappa shape index (κ2) is 4.99. The second-order valence-corrected chi connectivity index (χ2v) is 7.81. The summed E-state index contributed by atoms with van der Waals surface area (Å²) >= 11 is 0. The molecule has 6 rings (SSSR count). The van der Waals surface area contributed by atoms with E-state index in [0.717, 1.165) is 0 Å². The molecule has 11 nitrogen and oxygen atoms in total. The third kappa shape index (κ3) is 1.83. The van der Waals surface area contributed by atoms with Crippen LogP contribution >= 0.6 is 12.4 Å². The molecule has 148 valence electrons. The molecule has 0 amide bonds. The van der Waals surface area contributed by atoms with Crippen LogP contribution in [0.15, 0.2) is 4.99 Å². The van der Waals surface area contributed by atoms with Gasteiger partial charge in [-0.3, -0.25) is 0 Å². The molecule has 4 saturated heterocycles. The number of nitrogens with two attached hydrogens (primary N) is 1. The first kappa shape index (κ1) is 18.6. The average Bonchev–Trinajstić information content (AvgIpc) is 2.82. The van der Waals surface area contributed by atoms with E-state index in [1.165, 1.54) is 0 Å². The quantitative estimate of drug-likeness (QED) is 0.244. The predicted octanol–water partition coefficient (Wildman–Crippen LogP) is -3.30. The molecule has 0 aromatic carbocycles. The Morgan fingerprint density at radius 3 is 2.46 bits per heavy atom. The molecule has 1 aliphatic carbocycles. The predicted molar refractivity (Wildman–Crippen MR) is 84.8 cm³/mol. The Labute approximate surface area is 154 Å². The van der Waals surface area contributed by atoms with Crippen molar-refractivity contribution in [3.8, 4) is 0 Å². The fourth-order valence-corrected chi connectivity index (χ4v) is 5.12. The van der Waals surface area contributed by atoms with Crippen molar-refractivity contribution in [2.24, 2.45) is 16.6 Å². The Hall–Kier alpha value is -0.760. The van der Waals surface area contributed by atoms with Gasteiger partial charge >= 0.3 is 5.97 Å². The summed E-state index contributed by atoms with van der Waals surface area (Å²) in [4.78, 5) is 3.88. The number of ether oxygens (including phenoxy) is 4. The maximum Gasteiger partial charge on any atom is 0.311 e. The molecule has 12 heteroatoms. The summed E-state index contributed by atoms with van der Waals surface area (Å²) in [5, 5.41) is 45.7. The maximum atomic E-state index is 11.1. The zero-order valence-electron chi connectivity index (χ0n) is 14.0. The van der Waals surface area contributed by atoms with Crippen molar-refractivity contribution in [2.75, 3.05) is 6.61 Å². The highest BCUT2D eigenvalue weighted by atomic mass is 35.5. The highest BCUT2D eigenvalue weighted by molar-refractivity contribution is 5.85. The van der Waals surface area contributed by atoms with Crippen molar-refractivity contribution in [3.05, 3.63) is 0 Å². The number of halogens is 1. The maximum absolute atomic E-state index is 11.1. The lowest BCUT2D eigenvalue weighted by molar-refractivity contribution is -0.547. The van der Waals surface area contributed by atoms with Crippen LogP contribution in [0.1, 0.15) is 13.8 Å². The molecule has 0 radical (unpaired) electrons. The second-order valence-electron chi connectivity index (χ2n) is 7.81. The molecule has 6 aliphatic rings. The van der Waals surface area contributed by atoms with E-state index in [0.29, 0.717) is 0 Å². The minimum absolute atomic E-state index is 0. The highest BCUT2D eigenvalue weighted by Gasteiger charge is 2.84. The minimum atomic E-state index is -2.38. The molecule has 4 bridgehead atoms. The van der Waals surface area contributed by atoms with Crippen molar-refractivity contribution in [3.63, 3.8) is 0 Å². The van der Waals surface area contributed by atoms with E-state index in [2.05, 4.69) is 10.3 Å². The summed E-state index contributed by atoms with van der Waals surface area (Å²) in [6, 6.07) is 0. The van der Waals surface area contributed by atoms with Crippen molar-refractivity contribution >= 4 is 18.4 Å². The lowest BCUT2D eigenvalue weighted by Gasteiger charge is -2.71. The summed E-state index contributed by atoms with van der Waals surface area (Å²) in [6.07, 6.45) is -6.53. The van der Waals surface area contributed by atoms with Crippen LogP contribution in [0.5, 0.6) is 0 Å². The summed E-state index contributed by atoms with van der Waals surface area (Å²) in [5.74, 6) is -4.48. The first-order valence-electron chi connectivity index (χ1n) is 8.13. The molecule has 5 fully saturated rings. The van der Waals surface area contributed by atoms with Gasteiger partial charge in [-0.1, -0.05) is 0 Å². The molecule has 7 N–H and O–H groups in total. The van der Waals surface area contributed by atoms with Gasteiger partial charge in [-0.25, -0.2) is 4.99 Å². The SMILES string of the molecule is CC1(C)OC[C@]2(O1)[C@@H]1O[C@]3(O)O[C@H]2[C@@H](O)[C@@]2(NC(N)=N[C@H](O)[C@@H]12)[C@@H]3O.Cl. The number of aliphatic hydroxyl groups excluding tert-OH is 3. The number of aliphatic imine (C=N–C) groups is 1. The third-order valence-corrected chi connectivity index (χ3v) is 6.03. The van der Waals surface area contributed by atoms with E-state index in [1.54, 1.807) is 13.8 Å². The monoisotopic (exact) mass is 395 g/mol. The molecule has 1 saturated carbocycles. The van der Waals surface area contributed by atoms with Crippen LogP contribution in [0.25, 0.3) is 0 Å². The smallest absolute Gasteiger partial charge is 0.311 e. The molecule has 5 heterocycles. The number of nitrogens with one attached hydrogen (secondary N) is 1. The van der Waals surface area contributed by atoms with Crippen LogP contribution in [-0.4, -0.2) is 86.5 Å². The van der Waals surface area contributed by atoms with Crippen molar-refractivity contribution in [1.29, 1.82) is 0 Å². The Morgan fingerprint density at radius 2 is 1.85 bits per heavy atom. The van der Waals surface area contributed by atoms with Gasteiger partial charge in [-0.2, -0.15) is 0 Å². The molecule has 0 unspecified atom stereocenters. The fraction of sp³-hybridized carbons (Fsp3) is 0.929. The van der Waals surface area contributed by atoms with Gasteiger partial charge in [0, 0.05) is 0 Å². The van der Waals surface area contributed by atoms with Crippen LogP contribution < -0.4 is 11.1 Å². The Kier molecular flexibility index (Phi) is 3.57. The summed E-state index contributed by atoms with van der Waals surface area (Å²) < 4.78 is 22.8. The lowest BCUT2D eigenvalue weighted by atomic mass is 9.55. The van der Waals surface area contributed by atoms with E-state index in [4.69, 9.17) is 24.7 Å². The van der Waals surface area contributed by atoms with E-state index >= 15 is 0 Å². The van der Waals surface area contributed by atoms with Gasteiger partial charge in [-0.05, 0) is 13.8 Å². The molecular formula is C14H22ClN3O8. The van der Waals surface area contributed by atoms with Crippen molar-refractivity contribution in [2.45, 2.75) is 67.4 Å². The average molecular weight is 396 g/mol. The van der Waals surface area contributed by atoms with Gasteiger partial charge in [0.05, 0.1) is 12.5 Å². The Morgan fingerprint density at radius 1 is 1.19 bits per heavy atom. The molecule has 2 spiro atoms. The third-order valence-electron chi connectivity index (χ3n) is 6.03. The molecule has 0 aromatic rings. The normalized spacial score (nSPS) is 58.8. The number of rotatable bonds is 0. The number of hydrogen-bond acceptors (Lipinski definition) is 11. The number of nitrogens with zero attached hydrogens (tertiary/aromatic N) is 1. The van der Waals surface area contributed by atoms with Crippen molar-refractivity contribution in [1.82, 2.24) is 5.32 Å². The standard InChI is InChI=1S/C14H21N3O8.ClH/c1-11(2)22-3-12(25-11)6-4-8(19)16-10(15)17-13(4)5(18)7(12)24-14(21,23-6)9(13)20;/h4-9,18-21H,3H2,1-2H3,(H3,15,16,17);1H/t4-,5-,6-,7+,8-,9+,12+,13-,14+;/m1./s1. The van der Waals surface area contributed by atoms with Crippen LogP contribution in [0, 0.1) is 5.92 Å². The van der Waals surface area contributed by atoms with E-state index in [9.17, 15) is 20.4 Å². The summed E-state index contributed by atoms with van der Waals surface area (Å²) in [6.45, 7) is 3.41. The van der Waals surface area contributed by atoms with Gasteiger partial charge in [0.25, 0.3) is 0 Å². The van der Waals surface area contributed by atoms with Gasteiger partial charge < -0.3 is 50.4 Å². The van der Waals surface area contributed by atoms with Gasteiger partial charge in [0.1, 0.15) is 23.9 Å². The Balaban J connectivity index is 0.00000168. The molecule has 5 aliphatic heterocycles. The van der Waals surface area contributed by atoms with Gasteiger partial charge in [-0.15, -0.1) is 12.4 Å². The van der Waals surface area contributed by atoms with Crippen LogP contribution in [0.4, 0.5) is 0 Å². The van der Waals surface area contributed by atoms with E-state index < -0.39 is 59.5 Å². The topological polar surface area (TPSA) is 168 Å². The van der Waals surface area contributed by atoms with E-state index in [1.807, 2.05) is 0 Å². The summed E-state index contributed by atoms with van der Waals surface area (Å²) in [5.41, 5.74) is 2.83. The van der Waals surface area contributed by atoms with Crippen LogP contribution in [0.2, 0.25) is 0 Å². The van der Waals surface area contributed by atoms with Crippen LogP contribution in [-0.2, 0) is 18.9 Å². The molecule has 9 atom stereocenters. The zero-order valence-corrected chi connectivity index (χ0v) is 14.8. The van der Waals surface area contributed by atoms with Gasteiger partial charge in [0.2, 0.25) is 0 Å². The fourth-order valence-electron chi connectivity index (χ4n) is 5.12. The minimum Gasteiger partial charge on any atom is -0.388 e. The zero-order chi connectivity index (χ0) is 18.0. The largest absolute Gasteiger partial charge is 0.388 e.